The number of aliphatic hydroxyl groups excluding tert-OH is 1. The van der Waals surface area contributed by atoms with Crippen LogP contribution in [0.5, 0.6) is 0 Å². The lowest BCUT2D eigenvalue weighted by atomic mass is 9.82. The molecule has 0 unspecified atom stereocenters. The van der Waals surface area contributed by atoms with Gasteiger partial charge in [-0.05, 0) is 30.5 Å². The van der Waals surface area contributed by atoms with E-state index in [1.807, 2.05) is 0 Å². The zero-order valence-electron chi connectivity index (χ0n) is 10.0. The minimum Gasteiger partial charge on any atom is -0.393 e. The van der Waals surface area contributed by atoms with Crippen LogP contribution in [0.15, 0.2) is 22.7 Å². The van der Waals surface area contributed by atoms with Crippen LogP contribution in [0.3, 0.4) is 0 Å². The lowest BCUT2D eigenvalue weighted by molar-refractivity contribution is 0.0625. The number of aromatic nitrogens is 2. The van der Waals surface area contributed by atoms with Crippen molar-refractivity contribution in [3.63, 3.8) is 0 Å². The highest BCUT2D eigenvalue weighted by molar-refractivity contribution is 5.21. The Bertz CT molecular complexity index is 574. The topological polar surface area (TPSA) is 59.2 Å². The molecule has 0 spiro atoms. The molecule has 0 saturated heterocycles. The molecule has 0 radical (unpaired) electrons. The second-order valence-electron chi connectivity index (χ2n) is 4.83. The number of benzene rings is 1. The molecule has 0 bridgehead atoms. The van der Waals surface area contributed by atoms with Gasteiger partial charge in [0.05, 0.1) is 6.10 Å². The summed E-state index contributed by atoms with van der Waals surface area (Å²) in [5.74, 6) is -0.277. The summed E-state index contributed by atoms with van der Waals surface area (Å²) in [6.45, 7) is 0. The smallest absolute Gasteiger partial charge is 0.229 e. The van der Waals surface area contributed by atoms with Gasteiger partial charge in [0.25, 0.3) is 0 Å². The molecule has 3 rings (SSSR count). The number of hydrogen-bond acceptors (Lipinski definition) is 4. The molecule has 1 heterocycles. The zero-order chi connectivity index (χ0) is 13.4. The standard InChI is InChI=1S/C13H12F2N2O2/c14-9-1-7(2-10(15)6-9)3-12-16-13(19-17-12)8-4-11(18)5-8/h1-2,6,8,11,18H,3-5H2. The molecule has 1 aromatic carbocycles. The van der Waals surface area contributed by atoms with Crippen LogP contribution < -0.4 is 0 Å². The number of rotatable bonds is 3. The molecule has 19 heavy (non-hydrogen) atoms. The SMILES string of the molecule is OC1CC(c2nc(Cc3cc(F)cc(F)c3)no2)C1. The third kappa shape index (κ3) is 2.63. The van der Waals surface area contributed by atoms with Crippen molar-refractivity contribution in [1.29, 1.82) is 0 Å². The lowest BCUT2D eigenvalue weighted by Crippen LogP contribution is -2.26. The first-order valence-corrected chi connectivity index (χ1v) is 6.05. The Morgan fingerprint density at radius 1 is 1.21 bits per heavy atom. The molecule has 0 aliphatic heterocycles. The zero-order valence-corrected chi connectivity index (χ0v) is 10.0. The van der Waals surface area contributed by atoms with Crippen LogP contribution in [0.2, 0.25) is 0 Å². The molecule has 1 aliphatic rings. The Hall–Kier alpha value is -1.82. The Labute approximate surface area is 108 Å². The maximum atomic E-state index is 13.0. The van der Waals surface area contributed by atoms with Crippen molar-refractivity contribution in [1.82, 2.24) is 10.1 Å². The Morgan fingerprint density at radius 2 is 1.89 bits per heavy atom. The van der Waals surface area contributed by atoms with Gasteiger partial charge >= 0.3 is 0 Å². The van der Waals surface area contributed by atoms with E-state index >= 15 is 0 Å². The van der Waals surface area contributed by atoms with E-state index in [0.29, 0.717) is 30.1 Å². The normalized spacial score (nSPS) is 22.3. The number of nitrogens with zero attached hydrogens (tertiary/aromatic N) is 2. The van der Waals surface area contributed by atoms with Crippen molar-refractivity contribution < 1.29 is 18.4 Å². The van der Waals surface area contributed by atoms with Gasteiger partial charge in [0.15, 0.2) is 5.82 Å². The molecule has 0 atom stereocenters. The molecule has 6 heteroatoms. The van der Waals surface area contributed by atoms with Crippen LogP contribution in [-0.4, -0.2) is 21.4 Å². The first kappa shape index (κ1) is 12.2. The minimum absolute atomic E-state index is 0.0977. The van der Waals surface area contributed by atoms with Gasteiger partial charge in [-0.15, -0.1) is 0 Å². The van der Waals surface area contributed by atoms with Crippen molar-refractivity contribution in [2.24, 2.45) is 0 Å². The summed E-state index contributed by atoms with van der Waals surface area (Å²) in [6, 6.07) is 3.30. The van der Waals surface area contributed by atoms with E-state index in [9.17, 15) is 13.9 Å². The molecule has 1 aliphatic carbocycles. The highest BCUT2D eigenvalue weighted by Gasteiger charge is 2.32. The Kier molecular flexibility index (Phi) is 3.02. The average Bonchev–Trinajstić information content (AvgIpc) is 2.71. The summed E-state index contributed by atoms with van der Waals surface area (Å²) in [5.41, 5.74) is 0.457. The van der Waals surface area contributed by atoms with Crippen molar-refractivity contribution >= 4 is 0 Å². The summed E-state index contributed by atoms with van der Waals surface area (Å²) < 4.78 is 31.2. The van der Waals surface area contributed by atoms with E-state index in [2.05, 4.69) is 10.1 Å². The van der Waals surface area contributed by atoms with Gasteiger partial charge in [-0.2, -0.15) is 4.98 Å². The van der Waals surface area contributed by atoms with E-state index in [0.717, 1.165) is 6.07 Å². The van der Waals surface area contributed by atoms with Crippen LogP contribution in [0.25, 0.3) is 0 Å². The number of hydrogen-bond donors (Lipinski definition) is 1. The fourth-order valence-corrected chi connectivity index (χ4v) is 2.19. The maximum Gasteiger partial charge on any atom is 0.229 e. The summed E-state index contributed by atoms with van der Waals surface area (Å²) in [5, 5.41) is 13.0. The van der Waals surface area contributed by atoms with Gasteiger partial charge < -0.3 is 9.63 Å². The monoisotopic (exact) mass is 266 g/mol. The molecule has 0 amide bonds. The van der Waals surface area contributed by atoms with Crippen LogP contribution in [-0.2, 0) is 6.42 Å². The second kappa shape index (κ2) is 4.70. The van der Waals surface area contributed by atoms with Gasteiger partial charge in [-0.25, -0.2) is 8.78 Å². The third-order valence-electron chi connectivity index (χ3n) is 3.23. The van der Waals surface area contributed by atoms with Gasteiger partial charge in [0.2, 0.25) is 5.89 Å². The summed E-state index contributed by atoms with van der Waals surface area (Å²) >= 11 is 0. The quantitative estimate of drug-likeness (QED) is 0.925. The highest BCUT2D eigenvalue weighted by atomic mass is 19.1. The van der Waals surface area contributed by atoms with Crippen molar-refractivity contribution in [2.45, 2.75) is 31.3 Å². The average molecular weight is 266 g/mol. The predicted molar refractivity (Wildman–Crippen MR) is 61.4 cm³/mol. The van der Waals surface area contributed by atoms with E-state index in [1.165, 1.54) is 12.1 Å². The molecule has 1 aromatic heterocycles. The van der Waals surface area contributed by atoms with E-state index < -0.39 is 11.6 Å². The van der Waals surface area contributed by atoms with Crippen LogP contribution in [0.1, 0.15) is 36.0 Å². The second-order valence-corrected chi connectivity index (χ2v) is 4.83. The Balaban J connectivity index is 1.73. The molecule has 4 nitrogen and oxygen atoms in total. The molecular weight excluding hydrogens is 254 g/mol. The van der Waals surface area contributed by atoms with Crippen LogP contribution in [0.4, 0.5) is 8.78 Å². The molecule has 100 valence electrons. The first-order valence-electron chi connectivity index (χ1n) is 6.05. The fourth-order valence-electron chi connectivity index (χ4n) is 2.19. The van der Waals surface area contributed by atoms with E-state index in [4.69, 9.17) is 4.52 Å². The van der Waals surface area contributed by atoms with Crippen LogP contribution >= 0.6 is 0 Å². The third-order valence-corrected chi connectivity index (χ3v) is 3.23. The molecular formula is C13H12F2N2O2. The van der Waals surface area contributed by atoms with Crippen molar-refractivity contribution in [3.05, 3.63) is 47.1 Å². The summed E-state index contributed by atoms with van der Waals surface area (Å²) in [4.78, 5) is 4.19. The predicted octanol–water partition coefficient (Wildman–Crippen LogP) is 2.18. The minimum atomic E-state index is -0.624. The first-order chi connectivity index (χ1) is 9.10. The Morgan fingerprint density at radius 3 is 2.53 bits per heavy atom. The largest absolute Gasteiger partial charge is 0.393 e. The summed E-state index contributed by atoms with van der Waals surface area (Å²) in [7, 11) is 0. The van der Waals surface area contributed by atoms with Crippen LogP contribution in [0, 0.1) is 11.6 Å². The van der Waals surface area contributed by atoms with Gasteiger partial charge in [0, 0.05) is 18.4 Å². The number of aliphatic hydroxyl groups is 1. The van der Waals surface area contributed by atoms with E-state index in [-0.39, 0.29) is 18.4 Å². The van der Waals surface area contributed by atoms with Gasteiger partial charge in [-0.3, -0.25) is 0 Å². The summed E-state index contributed by atoms with van der Waals surface area (Å²) in [6.07, 6.45) is 1.16. The van der Waals surface area contributed by atoms with Gasteiger partial charge in [-0.1, -0.05) is 5.16 Å². The molecule has 1 N–H and O–H groups in total. The van der Waals surface area contributed by atoms with Crippen molar-refractivity contribution in [2.75, 3.05) is 0 Å². The maximum absolute atomic E-state index is 13.0. The molecule has 2 aromatic rings. The van der Waals surface area contributed by atoms with Gasteiger partial charge in [0.1, 0.15) is 11.6 Å². The number of halogens is 2. The molecule has 1 saturated carbocycles. The highest BCUT2D eigenvalue weighted by Crippen LogP contribution is 2.35. The van der Waals surface area contributed by atoms with Crippen molar-refractivity contribution in [3.8, 4) is 0 Å². The lowest BCUT2D eigenvalue weighted by Gasteiger charge is -2.27. The fraction of sp³-hybridized carbons (Fsp3) is 0.385. The van der Waals surface area contributed by atoms with E-state index in [1.54, 1.807) is 0 Å². The molecule has 1 fully saturated rings.